The first-order chi connectivity index (χ1) is 6.00. The Kier molecular flexibility index (Phi) is 3.97. The zero-order valence-electron chi connectivity index (χ0n) is 6.93. The number of carboxylic acid groups (broad SMARTS) is 2. The van der Waals surface area contributed by atoms with Gasteiger partial charge in [-0.2, -0.15) is 0 Å². The summed E-state index contributed by atoms with van der Waals surface area (Å²) in [6.45, 7) is 0. The van der Waals surface area contributed by atoms with Crippen LogP contribution < -0.4 is 5.73 Å². The number of rotatable bonds is 2. The predicted molar refractivity (Wildman–Crippen MR) is 52.4 cm³/mol. The average molecular weight is 213 g/mol. The van der Waals surface area contributed by atoms with Gasteiger partial charge in [-0.1, -0.05) is 0 Å². The number of nitrogens with two attached hydrogens (primary N) is 1. The van der Waals surface area contributed by atoms with Crippen molar-refractivity contribution in [2.75, 3.05) is 5.73 Å². The fourth-order valence-corrected chi connectivity index (χ4v) is 0.899. The van der Waals surface area contributed by atoms with Gasteiger partial charge in [0.25, 0.3) is 0 Å². The normalized spacial score (nSPS) is 8.86. The summed E-state index contributed by atoms with van der Waals surface area (Å²) >= 11 is 0. The molecule has 74 valence electrons. The average Bonchev–Trinajstić information content (AvgIpc) is 2.03. The van der Waals surface area contributed by atoms with E-state index in [0.717, 1.165) is 6.07 Å². The summed E-state index contributed by atoms with van der Waals surface area (Å²) in [6.07, 6.45) is 0. The number of anilines is 1. The molecule has 0 saturated heterocycles. The van der Waals surface area contributed by atoms with Crippen molar-refractivity contribution < 1.29 is 19.8 Å². The molecule has 1 rings (SSSR count). The second kappa shape index (κ2) is 4.52. The van der Waals surface area contributed by atoms with Crippen LogP contribution in [0.4, 0.5) is 5.69 Å². The molecule has 0 unspecified atom stereocenters. The molecule has 5 nitrogen and oxygen atoms in total. The third-order valence-electron chi connectivity index (χ3n) is 1.45. The van der Waals surface area contributed by atoms with Crippen LogP contribution in [0.3, 0.4) is 0 Å². The molecular weight excluding hydrogens is 206 g/mol. The van der Waals surface area contributed by atoms with Crippen molar-refractivity contribution in [1.29, 1.82) is 0 Å². The van der Waals surface area contributed by atoms with E-state index in [1.165, 1.54) is 12.1 Å². The van der Waals surface area contributed by atoms with Crippen LogP contribution >= 0.6 is 13.5 Å². The molecule has 2 radical (unpaired) electrons. The summed E-state index contributed by atoms with van der Waals surface area (Å²) in [7, 11) is 0. The minimum Gasteiger partial charge on any atom is -0.478 e. The summed E-state index contributed by atoms with van der Waals surface area (Å²) in [5.74, 6) is -2.40. The summed E-state index contributed by atoms with van der Waals surface area (Å²) in [5, 5.41) is 17.1. The van der Waals surface area contributed by atoms with E-state index in [-0.39, 0.29) is 30.3 Å². The van der Waals surface area contributed by atoms with Crippen LogP contribution in [0.25, 0.3) is 0 Å². The van der Waals surface area contributed by atoms with Crippen LogP contribution in [0, 0.1) is 0 Å². The van der Waals surface area contributed by atoms with Gasteiger partial charge < -0.3 is 15.9 Å². The molecule has 6 heteroatoms. The summed E-state index contributed by atoms with van der Waals surface area (Å²) in [6, 6.07) is 3.46. The molecule has 0 aliphatic rings. The molecule has 0 bridgehead atoms. The zero-order valence-corrected chi connectivity index (χ0v) is 7.75. The predicted octanol–water partition coefficient (Wildman–Crippen LogP) is 1.31. The second-order valence-electron chi connectivity index (χ2n) is 2.45. The van der Waals surface area contributed by atoms with Gasteiger partial charge in [0.2, 0.25) is 0 Å². The topological polar surface area (TPSA) is 101 Å². The molecule has 0 aliphatic carbocycles. The van der Waals surface area contributed by atoms with E-state index >= 15 is 0 Å². The van der Waals surface area contributed by atoms with Crippen LogP contribution in [-0.2, 0) is 0 Å². The van der Waals surface area contributed by atoms with E-state index in [0.29, 0.717) is 0 Å². The molecule has 14 heavy (non-hydrogen) atoms. The Hall–Kier alpha value is -1.69. The van der Waals surface area contributed by atoms with Crippen molar-refractivity contribution in [1.82, 2.24) is 0 Å². The van der Waals surface area contributed by atoms with Gasteiger partial charge in [-0.05, 0) is 18.2 Å². The number of benzene rings is 1. The van der Waals surface area contributed by atoms with Gasteiger partial charge in [0.05, 0.1) is 11.1 Å². The SMILES string of the molecule is Nc1cc(C(=O)O)cc(C(=O)O)c1.[S]. The maximum Gasteiger partial charge on any atom is 0.335 e. The van der Waals surface area contributed by atoms with Gasteiger partial charge in [-0.15, -0.1) is 0 Å². The largest absolute Gasteiger partial charge is 0.478 e. The lowest BCUT2D eigenvalue weighted by Crippen LogP contribution is -2.03. The van der Waals surface area contributed by atoms with Crippen molar-refractivity contribution in [3.8, 4) is 0 Å². The van der Waals surface area contributed by atoms with E-state index in [1.807, 2.05) is 0 Å². The van der Waals surface area contributed by atoms with E-state index in [2.05, 4.69) is 0 Å². The highest BCUT2D eigenvalue weighted by Gasteiger charge is 2.09. The van der Waals surface area contributed by atoms with Crippen LogP contribution in [-0.4, -0.2) is 22.2 Å². The number of hydrogen-bond acceptors (Lipinski definition) is 3. The first-order valence-corrected chi connectivity index (χ1v) is 3.38. The molecule has 0 spiro atoms. The van der Waals surface area contributed by atoms with Crippen molar-refractivity contribution in [2.45, 2.75) is 0 Å². The molecule has 0 aromatic heterocycles. The van der Waals surface area contributed by atoms with Gasteiger partial charge in [0, 0.05) is 19.2 Å². The summed E-state index contributed by atoms with van der Waals surface area (Å²) < 4.78 is 0. The number of aromatic carboxylic acids is 2. The van der Waals surface area contributed by atoms with Crippen LogP contribution in [0.5, 0.6) is 0 Å². The third-order valence-corrected chi connectivity index (χ3v) is 1.45. The first kappa shape index (κ1) is 12.3. The summed E-state index contributed by atoms with van der Waals surface area (Å²) in [5.41, 5.74) is 5.18. The van der Waals surface area contributed by atoms with E-state index in [4.69, 9.17) is 15.9 Å². The Bertz CT molecular complexity index is 345. The van der Waals surface area contributed by atoms with E-state index < -0.39 is 11.9 Å². The van der Waals surface area contributed by atoms with Gasteiger partial charge >= 0.3 is 11.9 Å². The van der Waals surface area contributed by atoms with Gasteiger partial charge in [0.1, 0.15) is 0 Å². The molecule has 0 aliphatic heterocycles. The molecule has 1 aromatic carbocycles. The van der Waals surface area contributed by atoms with Crippen molar-refractivity contribution >= 4 is 31.1 Å². The third kappa shape index (κ3) is 2.67. The lowest BCUT2D eigenvalue weighted by molar-refractivity contribution is 0.0696. The number of hydrogen-bond donors (Lipinski definition) is 3. The highest BCUT2D eigenvalue weighted by Crippen LogP contribution is 2.11. The highest BCUT2D eigenvalue weighted by molar-refractivity contribution is 7.59. The van der Waals surface area contributed by atoms with Gasteiger partial charge in [-0.3, -0.25) is 0 Å². The minimum atomic E-state index is -1.20. The second-order valence-corrected chi connectivity index (χ2v) is 2.45. The highest BCUT2D eigenvalue weighted by atomic mass is 32.1. The van der Waals surface area contributed by atoms with Crippen molar-refractivity contribution in [3.05, 3.63) is 29.3 Å². The Morgan fingerprint density at radius 2 is 1.36 bits per heavy atom. The Labute approximate surface area is 86.6 Å². The number of carboxylic acids is 2. The van der Waals surface area contributed by atoms with Gasteiger partial charge in [0.15, 0.2) is 0 Å². The molecule has 4 N–H and O–H groups in total. The molecule has 0 amide bonds. The molecule has 0 heterocycles. The fraction of sp³-hybridized carbons (Fsp3) is 0. The molecule has 0 fully saturated rings. The molecule has 1 aromatic rings. The summed E-state index contributed by atoms with van der Waals surface area (Å²) in [4.78, 5) is 21.0. The molecular formula is C8H7NO4S. The van der Waals surface area contributed by atoms with Crippen LogP contribution in [0.15, 0.2) is 18.2 Å². The lowest BCUT2D eigenvalue weighted by atomic mass is 10.1. The van der Waals surface area contributed by atoms with Crippen LogP contribution in [0.1, 0.15) is 20.7 Å². The first-order valence-electron chi connectivity index (χ1n) is 3.38. The van der Waals surface area contributed by atoms with Crippen LogP contribution in [0.2, 0.25) is 0 Å². The van der Waals surface area contributed by atoms with Crippen molar-refractivity contribution in [3.63, 3.8) is 0 Å². The maximum absolute atomic E-state index is 10.5. The Morgan fingerprint density at radius 1 is 1.00 bits per heavy atom. The Morgan fingerprint density at radius 3 is 1.64 bits per heavy atom. The monoisotopic (exact) mass is 213 g/mol. The van der Waals surface area contributed by atoms with E-state index in [9.17, 15) is 9.59 Å². The Balaban J connectivity index is 0.00000169. The zero-order chi connectivity index (χ0) is 10.0. The maximum atomic E-state index is 10.5. The minimum absolute atomic E-state index is 0. The number of carbonyl (C=O) groups is 2. The van der Waals surface area contributed by atoms with Crippen molar-refractivity contribution in [2.24, 2.45) is 0 Å². The molecule has 0 atom stereocenters. The fourth-order valence-electron chi connectivity index (χ4n) is 0.899. The van der Waals surface area contributed by atoms with Gasteiger partial charge in [-0.25, -0.2) is 9.59 Å². The quantitative estimate of drug-likeness (QED) is 0.643. The smallest absolute Gasteiger partial charge is 0.335 e. The molecule has 0 saturated carbocycles. The standard InChI is InChI=1S/C8H7NO4.S/c9-6-2-4(7(10)11)1-5(3-6)8(12)13;/h1-3H,9H2,(H,10,11)(H,12,13);. The number of nitrogen functional groups attached to an aromatic ring is 1. The lowest BCUT2D eigenvalue weighted by Gasteiger charge is -1.99. The van der Waals surface area contributed by atoms with E-state index in [1.54, 1.807) is 0 Å².